The van der Waals surface area contributed by atoms with Crippen molar-refractivity contribution in [2.75, 3.05) is 10.0 Å². The predicted octanol–water partition coefficient (Wildman–Crippen LogP) is 5.11. The molecule has 3 aromatic rings. The molecule has 0 heterocycles. The number of amides is 1. The topological polar surface area (TPSA) is 92.3 Å². The summed E-state index contributed by atoms with van der Waals surface area (Å²) in [5.74, 6) is -1.20. The quantitative estimate of drug-likeness (QED) is 0.439. The van der Waals surface area contributed by atoms with Crippen LogP contribution in [0.1, 0.15) is 47.2 Å². The summed E-state index contributed by atoms with van der Waals surface area (Å²) in [4.78, 5) is 24.8. The number of rotatable bonds is 8. The number of benzene rings is 3. The third-order valence-electron chi connectivity index (χ3n) is 5.80. The van der Waals surface area contributed by atoms with Gasteiger partial charge in [-0.25, -0.2) is 12.8 Å². The highest BCUT2D eigenvalue weighted by Gasteiger charge is 2.18. The third kappa shape index (κ3) is 5.69. The molecule has 2 N–H and O–H groups in total. The second kappa shape index (κ2) is 10.2. The minimum atomic E-state index is -4.06. The Kier molecular flexibility index (Phi) is 7.07. The number of halogens is 1. The first-order valence-corrected chi connectivity index (χ1v) is 12.6. The summed E-state index contributed by atoms with van der Waals surface area (Å²) >= 11 is 0. The minimum absolute atomic E-state index is 0.0274. The van der Waals surface area contributed by atoms with Gasteiger partial charge in [0.1, 0.15) is 5.82 Å². The van der Waals surface area contributed by atoms with Gasteiger partial charge in [0.2, 0.25) is 5.91 Å². The van der Waals surface area contributed by atoms with Gasteiger partial charge in [-0.15, -0.1) is 0 Å². The Bertz CT molecular complexity index is 1340. The summed E-state index contributed by atoms with van der Waals surface area (Å²) in [7, 11) is -4.06. The summed E-state index contributed by atoms with van der Waals surface area (Å²) in [6.07, 6.45) is 4.33. The van der Waals surface area contributed by atoms with Crippen molar-refractivity contribution in [2.24, 2.45) is 0 Å². The van der Waals surface area contributed by atoms with Crippen molar-refractivity contribution in [3.8, 4) is 0 Å². The fourth-order valence-corrected chi connectivity index (χ4v) is 5.10. The van der Waals surface area contributed by atoms with Gasteiger partial charge < -0.3 is 5.32 Å². The van der Waals surface area contributed by atoms with Crippen LogP contribution in [-0.4, -0.2) is 20.1 Å². The van der Waals surface area contributed by atoms with Gasteiger partial charge in [-0.2, -0.15) is 0 Å². The number of para-hydroxylation sites is 1. The summed E-state index contributed by atoms with van der Waals surface area (Å²) in [5.41, 5.74) is 3.21. The zero-order valence-electron chi connectivity index (χ0n) is 18.5. The molecule has 0 fully saturated rings. The predicted molar refractivity (Wildman–Crippen MR) is 129 cm³/mol. The molecule has 0 spiro atoms. The lowest BCUT2D eigenvalue weighted by Crippen LogP contribution is -2.16. The lowest BCUT2D eigenvalue weighted by molar-refractivity contribution is -0.116. The number of hydrogen-bond donors (Lipinski definition) is 2. The van der Waals surface area contributed by atoms with Crippen molar-refractivity contribution in [3.63, 3.8) is 0 Å². The first-order chi connectivity index (χ1) is 16.3. The number of nitrogens with one attached hydrogen (secondary N) is 2. The molecule has 0 bridgehead atoms. The van der Waals surface area contributed by atoms with Gasteiger partial charge in [0, 0.05) is 24.1 Å². The molecular weight excluding hydrogens is 455 g/mol. The van der Waals surface area contributed by atoms with Gasteiger partial charge in [0.05, 0.1) is 10.6 Å². The highest BCUT2D eigenvalue weighted by Crippen LogP contribution is 2.24. The van der Waals surface area contributed by atoms with Gasteiger partial charge >= 0.3 is 0 Å². The van der Waals surface area contributed by atoms with Crippen molar-refractivity contribution >= 4 is 33.1 Å². The van der Waals surface area contributed by atoms with Gasteiger partial charge in [-0.1, -0.05) is 30.3 Å². The van der Waals surface area contributed by atoms with Crippen LogP contribution in [-0.2, 0) is 27.7 Å². The van der Waals surface area contributed by atoms with E-state index in [9.17, 15) is 22.4 Å². The molecule has 0 saturated heterocycles. The highest BCUT2D eigenvalue weighted by atomic mass is 32.2. The molecule has 4 rings (SSSR count). The van der Waals surface area contributed by atoms with Crippen LogP contribution in [0.2, 0.25) is 0 Å². The van der Waals surface area contributed by atoms with Crippen molar-refractivity contribution in [3.05, 3.63) is 89.2 Å². The molecule has 8 heteroatoms. The molecule has 0 aliphatic heterocycles. The third-order valence-corrected chi connectivity index (χ3v) is 7.16. The SMILES string of the molecule is O=C(CCC(=O)c1ccc2c(c1)CCCC2)Nc1cccc(S(=O)(=O)Nc2ccccc2F)c1. The fraction of sp³-hybridized carbons (Fsp3) is 0.231. The maximum atomic E-state index is 13.8. The van der Waals surface area contributed by atoms with E-state index >= 15 is 0 Å². The van der Waals surface area contributed by atoms with Crippen molar-refractivity contribution in [1.29, 1.82) is 0 Å². The van der Waals surface area contributed by atoms with Gasteiger partial charge in [-0.3, -0.25) is 14.3 Å². The molecule has 1 aliphatic rings. The monoisotopic (exact) mass is 480 g/mol. The number of anilines is 2. The van der Waals surface area contributed by atoms with Gasteiger partial charge in [-0.05, 0) is 73.2 Å². The Balaban J connectivity index is 1.37. The molecule has 34 heavy (non-hydrogen) atoms. The normalized spacial score (nSPS) is 13.1. The average Bonchev–Trinajstić information content (AvgIpc) is 2.84. The van der Waals surface area contributed by atoms with Crippen LogP contribution in [0.4, 0.5) is 15.8 Å². The Morgan fingerprint density at radius 3 is 2.41 bits per heavy atom. The first-order valence-electron chi connectivity index (χ1n) is 11.1. The standard InChI is InChI=1S/C26H25FN2O4S/c27-23-10-3-4-11-24(23)29-34(32,33)22-9-5-8-21(17-22)28-26(31)15-14-25(30)20-13-12-18-6-1-2-7-19(18)16-20/h3-5,8-13,16-17,29H,1-2,6-7,14-15H2,(H,28,31). The molecular formula is C26H25FN2O4S. The largest absolute Gasteiger partial charge is 0.326 e. The van der Waals surface area contributed by atoms with Gasteiger partial charge in [0.25, 0.3) is 10.0 Å². The van der Waals surface area contributed by atoms with E-state index in [1.54, 1.807) is 6.07 Å². The van der Waals surface area contributed by atoms with Crippen molar-refractivity contribution in [2.45, 2.75) is 43.4 Å². The maximum absolute atomic E-state index is 13.8. The van der Waals surface area contributed by atoms with Crippen molar-refractivity contribution in [1.82, 2.24) is 0 Å². The zero-order valence-corrected chi connectivity index (χ0v) is 19.3. The number of fused-ring (bicyclic) bond motifs is 1. The molecule has 0 atom stereocenters. The molecule has 3 aromatic carbocycles. The van der Waals surface area contributed by atoms with E-state index in [-0.39, 0.29) is 34.9 Å². The van der Waals surface area contributed by atoms with E-state index in [2.05, 4.69) is 10.0 Å². The van der Waals surface area contributed by atoms with Crippen LogP contribution < -0.4 is 10.0 Å². The lowest BCUT2D eigenvalue weighted by atomic mass is 9.89. The zero-order chi connectivity index (χ0) is 24.1. The summed E-state index contributed by atoms with van der Waals surface area (Å²) in [5, 5.41) is 2.63. The molecule has 176 valence electrons. The Morgan fingerprint density at radius 1 is 0.853 bits per heavy atom. The number of hydrogen-bond acceptors (Lipinski definition) is 4. The Morgan fingerprint density at radius 2 is 1.62 bits per heavy atom. The number of ketones is 1. The maximum Gasteiger partial charge on any atom is 0.262 e. The van der Waals surface area contributed by atoms with Crippen LogP contribution >= 0.6 is 0 Å². The van der Waals surface area contributed by atoms with Crippen LogP contribution in [0.15, 0.2) is 71.6 Å². The molecule has 0 saturated carbocycles. The minimum Gasteiger partial charge on any atom is -0.326 e. The Labute approximate surface area is 198 Å². The molecule has 0 unspecified atom stereocenters. The van der Waals surface area contributed by atoms with E-state index in [1.165, 1.54) is 53.9 Å². The van der Waals surface area contributed by atoms with E-state index < -0.39 is 21.7 Å². The van der Waals surface area contributed by atoms with Crippen LogP contribution in [0.3, 0.4) is 0 Å². The lowest BCUT2D eigenvalue weighted by Gasteiger charge is -2.16. The number of Topliss-reactive ketones (excluding diaryl/α,β-unsaturated/α-hetero) is 1. The summed E-state index contributed by atoms with van der Waals surface area (Å²) in [6, 6.07) is 16.9. The molecule has 1 amide bonds. The second-order valence-corrected chi connectivity index (χ2v) is 9.96. The first kappa shape index (κ1) is 23.6. The molecule has 6 nitrogen and oxygen atoms in total. The van der Waals surface area contributed by atoms with E-state index in [0.29, 0.717) is 5.56 Å². The highest BCUT2D eigenvalue weighted by molar-refractivity contribution is 7.92. The number of sulfonamides is 1. The molecule has 0 aromatic heterocycles. The van der Waals surface area contributed by atoms with E-state index in [0.717, 1.165) is 25.3 Å². The second-order valence-electron chi connectivity index (χ2n) is 8.28. The number of carbonyl (C=O) groups is 2. The Hall–Kier alpha value is -3.52. The summed E-state index contributed by atoms with van der Waals surface area (Å²) < 4.78 is 41.3. The number of carbonyl (C=O) groups excluding carboxylic acids is 2. The number of aryl methyl sites for hydroxylation is 2. The molecule has 0 radical (unpaired) electrons. The van der Waals surface area contributed by atoms with Crippen molar-refractivity contribution < 1.29 is 22.4 Å². The van der Waals surface area contributed by atoms with Crippen LogP contribution in [0.25, 0.3) is 0 Å². The van der Waals surface area contributed by atoms with Gasteiger partial charge in [0.15, 0.2) is 5.78 Å². The van der Waals surface area contributed by atoms with Crippen LogP contribution in [0, 0.1) is 5.82 Å². The molecule has 1 aliphatic carbocycles. The van der Waals surface area contributed by atoms with Crippen LogP contribution in [0.5, 0.6) is 0 Å². The average molecular weight is 481 g/mol. The summed E-state index contributed by atoms with van der Waals surface area (Å²) in [6.45, 7) is 0. The van der Waals surface area contributed by atoms with E-state index in [4.69, 9.17) is 0 Å². The van der Waals surface area contributed by atoms with E-state index in [1.807, 2.05) is 18.2 Å². The fourth-order valence-electron chi connectivity index (χ4n) is 3.99. The smallest absolute Gasteiger partial charge is 0.262 e.